The molecular weight excluding hydrogens is 209 g/mol. The van der Waals surface area contributed by atoms with Crippen molar-refractivity contribution in [1.82, 2.24) is 5.32 Å². The van der Waals surface area contributed by atoms with Crippen LogP contribution in [-0.4, -0.2) is 5.91 Å². The Balaban J connectivity index is 2.27. The van der Waals surface area contributed by atoms with Gasteiger partial charge >= 0.3 is 0 Å². The van der Waals surface area contributed by atoms with Gasteiger partial charge in [0.15, 0.2) is 0 Å². The van der Waals surface area contributed by atoms with Gasteiger partial charge in [-0.2, -0.15) is 0 Å². The lowest BCUT2D eigenvalue weighted by Gasteiger charge is -2.04. The minimum Gasteiger partial charge on any atom is -0.464 e. The van der Waals surface area contributed by atoms with E-state index in [0.717, 1.165) is 5.56 Å². The van der Waals surface area contributed by atoms with Crippen molar-refractivity contribution in [3.63, 3.8) is 0 Å². The van der Waals surface area contributed by atoms with Gasteiger partial charge in [0.25, 0.3) is 5.91 Å². The standard InChI is InChI=1S/C12H8FNO2/c13-7-4-8(11-2-1-3-16-11)10-6-14-12(15)9(10)5-7/h1-5H,6H2,(H,14,15). The summed E-state index contributed by atoms with van der Waals surface area (Å²) in [4.78, 5) is 11.4. The zero-order valence-corrected chi connectivity index (χ0v) is 8.29. The number of nitrogens with one attached hydrogen (secondary N) is 1. The maximum absolute atomic E-state index is 13.4. The molecular formula is C12H8FNO2. The van der Waals surface area contributed by atoms with E-state index in [1.165, 1.54) is 18.4 Å². The van der Waals surface area contributed by atoms with Crippen molar-refractivity contribution in [3.05, 3.63) is 47.5 Å². The van der Waals surface area contributed by atoms with Crippen molar-refractivity contribution in [1.29, 1.82) is 0 Å². The van der Waals surface area contributed by atoms with Crippen LogP contribution in [0.25, 0.3) is 11.3 Å². The molecule has 0 bridgehead atoms. The number of amides is 1. The van der Waals surface area contributed by atoms with Crippen molar-refractivity contribution in [2.24, 2.45) is 0 Å². The van der Waals surface area contributed by atoms with Gasteiger partial charge in [-0.1, -0.05) is 0 Å². The molecule has 1 aromatic carbocycles. The maximum atomic E-state index is 13.4. The second-order valence-electron chi connectivity index (χ2n) is 3.64. The van der Waals surface area contributed by atoms with E-state index in [1.54, 1.807) is 12.1 Å². The highest BCUT2D eigenvalue weighted by Gasteiger charge is 2.24. The van der Waals surface area contributed by atoms with Gasteiger partial charge in [-0.15, -0.1) is 0 Å². The van der Waals surface area contributed by atoms with Gasteiger partial charge in [-0.05, 0) is 29.8 Å². The first-order valence-electron chi connectivity index (χ1n) is 4.90. The molecule has 80 valence electrons. The predicted molar refractivity (Wildman–Crippen MR) is 55.3 cm³/mol. The molecule has 0 fully saturated rings. The molecule has 1 aliphatic heterocycles. The zero-order valence-electron chi connectivity index (χ0n) is 8.29. The molecule has 0 radical (unpaired) electrons. The van der Waals surface area contributed by atoms with Gasteiger partial charge in [0.2, 0.25) is 0 Å². The minimum absolute atomic E-state index is 0.234. The second-order valence-corrected chi connectivity index (χ2v) is 3.64. The van der Waals surface area contributed by atoms with E-state index in [0.29, 0.717) is 23.4 Å². The van der Waals surface area contributed by atoms with Crippen molar-refractivity contribution in [3.8, 4) is 11.3 Å². The lowest BCUT2D eigenvalue weighted by atomic mass is 10.0. The summed E-state index contributed by atoms with van der Waals surface area (Å²) in [6.45, 7) is 0.421. The molecule has 1 N–H and O–H groups in total. The summed E-state index contributed by atoms with van der Waals surface area (Å²) >= 11 is 0. The number of carbonyl (C=O) groups excluding carboxylic acids is 1. The van der Waals surface area contributed by atoms with Crippen molar-refractivity contribution >= 4 is 5.91 Å². The summed E-state index contributed by atoms with van der Waals surface area (Å²) in [6.07, 6.45) is 1.52. The van der Waals surface area contributed by atoms with Crippen molar-refractivity contribution in [2.45, 2.75) is 6.54 Å². The van der Waals surface area contributed by atoms with Gasteiger partial charge in [0.1, 0.15) is 11.6 Å². The summed E-state index contributed by atoms with van der Waals surface area (Å²) in [5.74, 6) is -0.0863. The highest BCUT2D eigenvalue weighted by molar-refractivity contribution is 6.00. The SMILES string of the molecule is O=C1NCc2c1cc(F)cc2-c1ccco1. The molecule has 0 spiro atoms. The van der Waals surface area contributed by atoms with Crippen LogP contribution in [-0.2, 0) is 6.54 Å². The molecule has 0 aliphatic carbocycles. The van der Waals surface area contributed by atoms with Crippen LogP contribution in [0.3, 0.4) is 0 Å². The molecule has 3 nitrogen and oxygen atoms in total. The van der Waals surface area contributed by atoms with Crippen LogP contribution in [0.4, 0.5) is 4.39 Å². The molecule has 2 aromatic rings. The number of rotatable bonds is 1. The van der Waals surface area contributed by atoms with Gasteiger partial charge in [0.05, 0.1) is 6.26 Å². The molecule has 2 heterocycles. The third-order valence-electron chi connectivity index (χ3n) is 2.67. The Morgan fingerprint density at radius 2 is 2.12 bits per heavy atom. The topological polar surface area (TPSA) is 42.2 Å². The lowest BCUT2D eigenvalue weighted by molar-refractivity contribution is 0.0965. The quantitative estimate of drug-likeness (QED) is 0.796. The first-order chi connectivity index (χ1) is 7.75. The molecule has 1 amide bonds. The van der Waals surface area contributed by atoms with Crippen LogP contribution < -0.4 is 5.32 Å². The molecule has 0 atom stereocenters. The molecule has 0 unspecified atom stereocenters. The van der Waals surface area contributed by atoms with E-state index >= 15 is 0 Å². The summed E-state index contributed by atoms with van der Waals surface area (Å²) in [7, 11) is 0. The first kappa shape index (κ1) is 9.15. The van der Waals surface area contributed by atoms with E-state index in [9.17, 15) is 9.18 Å². The van der Waals surface area contributed by atoms with Crippen molar-refractivity contribution in [2.75, 3.05) is 0 Å². The molecule has 4 heteroatoms. The molecule has 1 aromatic heterocycles. The number of halogens is 1. The van der Waals surface area contributed by atoms with Crippen LogP contribution >= 0.6 is 0 Å². The normalized spacial score (nSPS) is 13.7. The van der Waals surface area contributed by atoms with Gasteiger partial charge < -0.3 is 9.73 Å². The minimum atomic E-state index is -0.429. The fourth-order valence-corrected chi connectivity index (χ4v) is 1.95. The third-order valence-corrected chi connectivity index (χ3v) is 2.67. The third kappa shape index (κ3) is 1.23. The number of carbonyl (C=O) groups is 1. The number of fused-ring (bicyclic) bond motifs is 1. The number of benzene rings is 1. The molecule has 0 saturated heterocycles. The average molecular weight is 217 g/mol. The highest BCUT2D eigenvalue weighted by Crippen LogP contribution is 2.30. The van der Waals surface area contributed by atoms with E-state index in [2.05, 4.69) is 5.32 Å². The van der Waals surface area contributed by atoms with Gasteiger partial charge in [0, 0.05) is 17.7 Å². The number of hydrogen-bond donors (Lipinski definition) is 1. The molecule has 1 aliphatic rings. The summed E-state index contributed by atoms with van der Waals surface area (Å²) in [5, 5.41) is 2.67. The fraction of sp³-hybridized carbons (Fsp3) is 0.0833. The fourth-order valence-electron chi connectivity index (χ4n) is 1.95. The molecule has 0 saturated carbocycles. The molecule has 16 heavy (non-hydrogen) atoms. The Morgan fingerprint density at radius 3 is 2.88 bits per heavy atom. The second kappa shape index (κ2) is 3.20. The Bertz CT molecular complexity index is 561. The van der Waals surface area contributed by atoms with E-state index in [-0.39, 0.29) is 5.91 Å². The van der Waals surface area contributed by atoms with Gasteiger partial charge in [-0.25, -0.2) is 4.39 Å². The Labute approximate surface area is 90.9 Å². The van der Waals surface area contributed by atoms with Gasteiger partial charge in [-0.3, -0.25) is 4.79 Å². The Morgan fingerprint density at radius 1 is 1.31 bits per heavy atom. The smallest absolute Gasteiger partial charge is 0.252 e. The van der Waals surface area contributed by atoms with Crippen LogP contribution in [0.5, 0.6) is 0 Å². The monoisotopic (exact) mass is 217 g/mol. The highest BCUT2D eigenvalue weighted by atomic mass is 19.1. The van der Waals surface area contributed by atoms with E-state index in [1.807, 2.05) is 0 Å². The van der Waals surface area contributed by atoms with Crippen molar-refractivity contribution < 1.29 is 13.6 Å². The first-order valence-corrected chi connectivity index (χ1v) is 4.90. The van der Waals surface area contributed by atoms with E-state index < -0.39 is 5.82 Å². The summed E-state index contributed by atoms with van der Waals surface area (Å²) in [5.41, 5.74) is 1.83. The van der Waals surface area contributed by atoms with Crippen LogP contribution in [0.1, 0.15) is 15.9 Å². The Kier molecular flexibility index (Phi) is 1.83. The Hall–Kier alpha value is -2.10. The lowest BCUT2D eigenvalue weighted by Crippen LogP contribution is -2.12. The number of furan rings is 1. The van der Waals surface area contributed by atoms with E-state index in [4.69, 9.17) is 4.42 Å². The molecule has 3 rings (SSSR count). The number of hydrogen-bond acceptors (Lipinski definition) is 2. The van der Waals surface area contributed by atoms with Crippen LogP contribution in [0.2, 0.25) is 0 Å². The van der Waals surface area contributed by atoms with Crippen LogP contribution in [0, 0.1) is 5.82 Å². The van der Waals surface area contributed by atoms with Crippen LogP contribution in [0.15, 0.2) is 34.9 Å². The summed E-state index contributed by atoms with van der Waals surface area (Å²) in [6, 6.07) is 6.12. The maximum Gasteiger partial charge on any atom is 0.252 e. The zero-order chi connectivity index (χ0) is 11.1. The predicted octanol–water partition coefficient (Wildman–Crippen LogP) is 2.33. The average Bonchev–Trinajstić information content (AvgIpc) is 2.88. The largest absolute Gasteiger partial charge is 0.464 e. The summed E-state index contributed by atoms with van der Waals surface area (Å²) < 4.78 is 18.6.